The highest BCUT2D eigenvalue weighted by atomic mass is 16.4. The Hall–Kier alpha value is -1.22. The molecule has 0 aromatic heterocycles. The minimum absolute atomic E-state index is 0.833. The fourth-order valence-electron chi connectivity index (χ4n) is 0.737. The standard InChI is InChI=1S/C4H12N4.2C2H4O2/c5-7-1-2-8(6)4-3-7;2*1-2(3)4/h1-6H2;2*1H3,(H,3,4). The van der Waals surface area contributed by atoms with Gasteiger partial charge in [0.1, 0.15) is 0 Å². The quantitative estimate of drug-likeness (QED) is 0.375. The zero-order chi connectivity index (χ0) is 13.1. The first-order chi connectivity index (χ1) is 7.25. The Kier molecular flexibility index (Phi) is 11.1. The molecule has 1 fully saturated rings. The summed E-state index contributed by atoms with van der Waals surface area (Å²) in [4.78, 5) is 18.0. The highest BCUT2D eigenvalue weighted by molar-refractivity contribution is 5.63. The summed E-state index contributed by atoms with van der Waals surface area (Å²) in [6, 6.07) is 0. The second-order valence-electron chi connectivity index (χ2n) is 3.11. The van der Waals surface area contributed by atoms with E-state index in [0.29, 0.717) is 0 Å². The van der Waals surface area contributed by atoms with Crippen molar-refractivity contribution >= 4 is 11.9 Å². The van der Waals surface area contributed by atoms with Crippen LogP contribution in [-0.4, -0.2) is 58.3 Å². The number of nitrogens with zero attached hydrogens (tertiary/aromatic N) is 2. The lowest BCUT2D eigenvalue weighted by atomic mass is 10.4. The molecular weight excluding hydrogens is 216 g/mol. The fourth-order valence-corrected chi connectivity index (χ4v) is 0.737. The molecule has 0 bridgehead atoms. The molecule has 0 aromatic carbocycles. The molecule has 8 heteroatoms. The smallest absolute Gasteiger partial charge is 0.300 e. The Bertz CT molecular complexity index is 174. The number of piperazine rings is 1. The summed E-state index contributed by atoms with van der Waals surface area (Å²) >= 11 is 0. The van der Waals surface area contributed by atoms with E-state index in [1.807, 2.05) is 0 Å². The van der Waals surface area contributed by atoms with E-state index >= 15 is 0 Å². The van der Waals surface area contributed by atoms with E-state index in [9.17, 15) is 0 Å². The number of aliphatic carboxylic acids is 2. The van der Waals surface area contributed by atoms with Crippen LogP contribution in [0.3, 0.4) is 0 Å². The predicted octanol–water partition coefficient (Wildman–Crippen LogP) is -1.47. The van der Waals surface area contributed by atoms with Crippen molar-refractivity contribution in [3.63, 3.8) is 0 Å². The Labute approximate surface area is 94.4 Å². The zero-order valence-corrected chi connectivity index (χ0v) is 9.59. The van der Waals surface area contributed by atoms with Crippen LogP contribution in [0.25, 0.3) is 0 Å². The second kappa shape index (κ2) is 10.3. The third-order valence-electron chi connectivity index (χ3n) is 1.35. The SMILES string of the molecule is CC(=O)O.CC(=O)O.NN1CCN(N)CC1. The molecule has 6 N–H and O–H groups in total. The maximum atomic E-state index is 9.00. The van der Waals surface area contributed by atoms with Crippen LogP contribution >= 0.6 is 0 Å². The molecule has 1 rings (SSSR count). The fraction of sp³-hybridized carbons (Fsp3) is 0.750. The minimum atomic E-state index is -0.833. The average Bonchev–Trinajstić information content (AvgIpc) is 2.08. The van der Waals surface area contributed by atoms with Crippen molar-refractivity contribution < 1.29 is 19.8 Å². The molecule has 1 saturated heterocycles. The molecule has 1 aliphatic heterocycles. The van der Waals surface area contributed by atoms with Gasteiger partial charge in [0.15, 0.2) is 0 Å². The van der Waals surface area contributed by atoms with Gasteiger partial charge in [0.05, 0.1) is 0 Å². The molecule has 96 valence electrons. The normalized spacial score (nSPS) is 16.2. The van der Waals surface area contributed by atoms with Gasteiger partial charge in [0, 0.05) is 40.0 Å². The molecular formula is C8H20N4O4. The highest BCUT2D eigenvalue weighted by Gasteiger charge is 2.08. The summed E-state index contributed by atoms with van der Waals surface area (Å²) in [5, 5.41) is 18.4. The first-order valence-corrected chi connectivity index (χ1v) is 4.64. The molecule has 8 nitrogen and oxygen atoms in total. The van der Waals surface area contributed by atoms with Crippen LogP contribution in [0.2, 0.25) is 0 Å². The van der Waals surface area contributed by atoms with Crippen LogP contribution in [0.5, 0.6) is 0 Å². The van der Waals surface area contributed by atoms with Crippen LogP contribution < -0.4 is 11.7 Å². The summed E-state index contributed by atoms with van der Waals surface area (Å²) in [5.41, 5.74) is 0. The summed E-state index contributed by atoms with van der Waals surface area (Å²) in [6.07, 6.45) is 0. The van der Waals surface area contributed by atoms with Crippen LogP contribution in [0, 0.1) is 0 Å². The number of nitrogens with two attached hydrogens (primary N) is 2. The number of carboxylic acids is 2. The van der Waals surface area contributed by atoms with E-state index < -0.39 is 11.9 Å². The molecule has 0 aromatic rings. The Morgan fingerprint density at radius 1 is 0.875 bits per heavy atom. The Morgan fingerprint density at radius 2 is 1.00 bits per heavy atom. The van der Waals surface area contributed by atoms with Crippen molar-refractivity contribution in [1.29, 1.82) is 0 Å². The number of carbonyl (C=O) groups is 2. The van der Waals surface area contributed by atoms with Gasteiger partial charge in [-0.3, -0.25) is 21.3 Å². The first-order valence-electron chi connectivity index (χ1n) is 4.64. The van der Waals surface area contributed by atoms with Gasteiger partial charge in [-0.2, -0.15) is 0 Å². The summed E-state index contributed by atoms with van der Waals surface area (Å²) in [7, 11) is 0. The Morgan fingerprint density at radius 3 is 1.12 bits per heavy atom. The van der Waals surface area contributed by atoms with Gasteiger partial charge in [-0.25, -0.2) is 10.0 Å². The van der Waals surface area contributed by atoms with Crippen molar-refractivity contribution in [2.24, 2.45) is 11.7 Å². The van der Waals surface area contributed by atoms with E-state index in [0.717, 1.165) is 40.0 Å². The van der Waals surface area contributed by atoms with Crippen LogP contribution in [0.1, 0.15) is 13.8 Å². The molecule has 0 saturated carbocycles. The maximum Gasteiger partial charge on any atom is 0.300 e. The average molecular weight is 236 g/mol. The van der Waals surface area contributed by atoms with Gasteiger partial charge < -0.3 is 10.2 Å². The monoisotopic (exact) mass is 236 g/mol. The molecule has 0 amide bonds. The lowest BCUT2D eigenvalue weighted by Crippen LogP contribution is -2.51. The summed E-state index contributed by atoms with van der Waals surface area (Å²) in [6.45, 7) is 5.71. The molecule has 1 aliphatic rings. The van der Waals surface area contributed by atoms with Gasteiger partial charge in [0.2, 0.25) is 0 Å². The number of hydrogen-bond donors (Lipinski definition) is 4. The number of hydrazine groups is 2. The Balaban J connectivity index is 0. The summed E-state index contributed by atoms with van der Waals surface area (Å²) < 4.78 is 0. The second-order valence-corrected chi connectivity index (χ2v) is 3.11. The summed E-state index contributed by atoms with van der Waals surface area (Å²) in [5.74, 6) is 9.23. The third-order valence-corrected chi connectivity index (χ3v) is 1.35. The molecule has 0 unspecified atom stereocenters. The third kappa shape index (κ3) is 23.0. The largest absolute Gasteiger partial charge is 0.481 e. The van der Waals surface area contributed by atoms with Crippen molar-refractivity contribution in [3.8, 4) is 0 Å². The van der Waals surface area contributed by atoms with Gasteiger partial charge in [0.25, 0.3) is 11.9 Å². The van der Waals surface area contributed by atoms with Gasteiger partial charge in [-0.1, -0.05) is 0 Å². The first kappa shape index (κ1) is 17.2. The molecule has 0 spiro atoms. The van der Waals surface area contributed by atoms with Gasteiger partial charge in [-0.15, -0.1) is 0 Å². The van der Waals surface area contributed by atoms with Gasteiger partial charge in [-0.05, 0) is 0 Å². The molecule has 0 radical (unpaired) electrons. The van der Waals surface area contributed by atoms with E-state index in [4.69, 9.17) is 31.5 Å². The molecule has 1 heterocycles. The van der Waals surface area contributed by atoms with Crippen LogP contribution in [-0.2, 0) is 9.59 Å². The highest BCUT2D eigenvalue weighted by Crippen LogP contribution is 1.88. The van der Waals surface area contributed by atoms with E-state index in [1.165, 1.54) is 0 Å². The number of rotatable bonds is 0. The van der Waals surface area contributed by atoms with E-state index in [2.05, 4.69) is 0 Å². The van der Waals surface area contributed by atoms with E-state index in [-0.39, 0.29) is 0 Å². The van der Waals surface area contributed by atoms with Crippen molar-refractivity contribution in [2.75, 3.05) is 26.2 Å². The molecule has 0 atom stereocenters. The van der Waals surface area contributed by atoms with Crippen molar-refractivity contribution in [3.05, 3.63) is 0 Å². The minimum Gasteiger partial charge on any atom is -0.481 e. The number of hydrogen-bond acceptors (Lipinski definition) is 6. The van der Waals surface area contributed by atoms with E-state index in [1.54, 1.807) is 10.0 Å². The van der Waals surface area contributed by atoms with Crippen molar-refractivity contribution in [2.45, 2.75) is 13.8 Å². The topological polar surface area (TPSA) is 133 Å². The van der Waals surface area contributed by atoms with Crippen LogP contribution in [0.15, 0.2) is 0 Å². The molecule has 16 heavy (non-hydrogen) atoms. The predicted molar refractivity (Wildman–Crippen MR) is 58.1 cm³/mol. The van der Waals surface area contributed by atoms with Crippen molar-refractivity contribution in [1.82, 2.24) is 10.0 Å². The lowest BCUT2D eigenvalue weighted by Gasteiger charge is -2.28. The maximum absolute atomic E-state index is 9.00. The zero-order valence-electron chi connectivity index (χ0n) is 9.59. The van der Waals surface area contributed by atoms with Crippen LogP contribution in [0.4, 0.5) is 0 Å². The number of carboxylic acid groups (broad SMARTS) is 2. The lowest BCUT2D eigenvalue weighted by molar-refractivity contribution is -0.135. The van der Waals surface area contributed by atoms with Gasteiger partial charge >= 0.3 is 0 Å². The molecule has 0 aliphatic carbocycles.